The standard InChI is InChI=1S/C33H43ClF2N4O2/c1-21-18-31(34)37-23(3)32(21)30(41)11-7-8-22(2)38-16-14-26(15-17-38)40-29(27-19-24(35)12-13-28(27)36)20-39(33(40)42)25-9-5-4-6-10-25/h12-13,18-19,22,25-26,29H,4-11,14-17,20H2,1-3H3. The van der Waals surface area contributed by atoms with E-state index in [9.17, 15) is 14.0 Å². The molecular formula is C33H43ClF2N4O2. The quantitative estimate of drug-likeness (QED) is 0.219. The van der Waals surface area contributed by atoms with E-state index in [4.69, 9.17) is 11.6 Å². The summed E-state index contributed by atoms with van der Waals surface area (Å²) >= 11 is 6.03. The maximum Gasteiger partial charge on any atom is 0.321 e. The Morgan fingerprint density at radius 2 is 1.76 bits per heavy atom. The molecule has 3 heterocycles. The van der Waals surface area contributed by atoms with Gasteiger partial charge in [0.2, 0.25) is 0 Å². The molecule has 3 aliphatic rings. The van der Waals surface area contributed by atoms with Gasteiger partial charge in [-0.15, -0.1) is 0 Å². The minimum absolute atomic E-state index is 0.0212. The molecule has 2 unspecified atom stereocenters. The summed E-state index contributed by atoms with van der Waals surface area (Å²) in [5, 5.41) is 0.406. The predicted molar refractivity (Wildman–Crippen MR) is 161 cm³/mol. The number of amides is 2. The van der Waals surface area contributed by atoms with Crippen LogP contribution in [-0.4, -0.2) is 69.3 Å². The van der Waals surface area contributed by atoms with E-state index in [0.29, 0.717) is 35.4 Å². The fraction of sp³-hybridized carbons (Fsp3) is 0.606. The second-order valence-electron chi connectivity index (χ2n) is 12.5. The van der Waals surface area contributed by atoms with Gasteiger partial charge in [0.1, 0.15) is 16.8 Å². The van der Waals surface area contributed by atoms with Gasteiger partial charge in [0.25, 0.3) is 0 Å². The summed E-state index contributed by atoms with van der Waals surface area (Å²) in [6.07, 6.45) is 9.06. The number of carbonyl (C=O) groups is 2. The number of rotatable bonds is 9. The third-order valence-corrected chi connectivity index (χ3v) is 9.88. The van der Waals surface area contributed by atoms with Gasteiger partial charge in [0, 0.05) is 55.3 Å². The van der Waals surface area contributed by atoms with Gasteiger partial charge in [0.05, 0.1) is 11.7 Å². The minimum atomic E-state index is -0.482. The first-order chi connectivity index (χ1) is 20.1. The third kappa shape index (κ3) is 6.65. The average molecular weight is 601 g/mol. The SMILES string of the molecule is Cc1cc(Cl)nc(C)c1C(=O)CCCC(C)N1CCC(N2C(=O)N(C3CCCCC3)CC2c2cc(F)ccc2F)CC1. The van der Waals surface area contributed by atoms with Crippen molar-refractivity contribution in [1.29, 1.82) is 0 Å². The molecule has 6 nitrogen and oxygen atoms in total. The van der Waals surface area contributed by atoms with Crippen LogP contribution in [0.15, 0.2) is 24.3 Å². The number of benzene rings is 1. The van der Waals surface area contributed by atoms with Gasteiger partial charge in [-0.05, 0) is 89.1 Å². The van der Waals surface area contributed by atoms with Crippen molar-refractivity contribution in [1.82, 2.24) is 19.7 Å². The van der Waals surface area contributed by atoms with Crippen LogP contribution in [0.5, 0.6) is 0 Å². The van der Waals surface area contributed by atoms with E-state index in [1.807, 2.05) is 23.6 Å². The molecule has 1 aliphatic carbocycles. The Balaban J connectivity index is 1.20. The number of piperidine rings is 1. The number of Topliss-reactive ketones (excluding diaryl/α,β-unsaturated/α-hetero) is 1. The van der Waals surface area contributed by atoms with Crippen molar-refractivity contribution in [2.24, 2.45) is 0 Å². The molecule has 1 aromatic heterocycles. The van der Waals surface area contributed by atoms with Crippen LogP contribution in [0.2, 0.25) is 5.15 Å². The lowest BCUT2D eigenvalue weighted by atomic mass is 9.94. The van der Waals surface area contributed by atoms with Crippen molar-refractivity contribution >= 4 is 23.4 Å². The Labute approximate surface area is 253 Å². The van der Waals surface area contributed by atoms with Crippen LogP contribution < -0.4 is 0 Å². The van der Waals surface area contributed by atoms with Crippen molar-refractivity contribution in [3.8, 4) is 0 Å². The van der Waals surface area contributed by atoms with Crippen LogP contribution in [0.1, 0.15) is 104 Å². The molecule has 2 aliphatic heterocycles. The van der Waals surface area contributed by atoms with Crippen LogP contribution in [0.3, 0.4) is 0 Å². The minimum Gasteiger partial charge on any atom is -0.319 e. The first-order valence-electron chi connectivity index (χ1n) is 15.6. The van der Waals surface area contributed by atoms with Gasteiger partial charge in [0.15, 0.2) is 5.78 Å². The van der Waals surface area contributed by atoms with Crippen molar-refractivity contribution in [3.05, 3.63) is 63.4 Å². The molecule has 42 heavy (non-hydrogen) atoms. The summed E-state index contributed by atoms with van der Waals surface area (Å²) in [5.74, 6) is -0.828. The Kier molecular flexibility index (Phi) is 9.83. The maximum atomic E-state index is 15.0. The van der Waals surface area contributed by atoms with E-state index < -0.39 is 17.7 Å². The number of likely N-dealkylation sites (tertiary alicyclic amines) is 1. The molecule has 2 saturated heterocycles. The number of pyridine rings is 1. The number of nitrogens with zero attached hydrogens (tertiary/aromatic N) is 4. The van der Waals surface area contributed by atoms with Crippen molar-refractivity contribution < 1.29 is 18.4 Å². The molecule has 9 heteroatoms. The Morgan fingerprint density at radius 1 is 1.05 bits per heavy atom. The van der Waals surface area contributed by atoms with Gasteiger partial charge in [-0.25, -0.2) is 18.6 Å². The molecule has 0 radical (unpaired) electrons. The second-order valence-corrected chi connectivity index (χ2v) is 12.9. The molecule has 2 aromatic rings. The summed E-state index contributed by atoms with van der Waals surface area (Å²) in [6, 6.07) is 5.27. The number of ketones is 1. The normalized spacial score (nSPS) is 21.8. The lowest BCUT2D eigenvalue weighted by Gasteiger charge is -2.41. The second kappa shape index (κ2) is 13.4. The molecular weight excluding hydrogens is 558 g/mol. The average Bonchev–Trinajstić information content (AvgIpc) is 3.30. The molecule has 2 atom stereocenters. The maximum absolute atomic E-state index is 15.0. The molecule has 5 rings (SSSR count). The van der Waals surface area contributed by atoms with Crippen LogP contribution >= 0.6 is 11.6 Å². The van der Waals surface area contributed by atoms with Crippen LogP contribution in [0, 0.1) is 25.5 Å². The van der Waals surface area contributed by atoms with Gasteiger partial charge in [-0.3, -0.25) is 4.79 Å². The van der Waals surface area contributed by atoms with E-state index >= 15 is 4.39 Å². The van der Waals surface area contributed by atoms with E-state index in [1.54, 1.807) is 6.07 Å². The summed E-state index contributed by atoms with van der Waals surface area (Å²) in [7, 11) is 0. The topological polar surface area (TPSA) is 56.8 Å². The van der Waals surface area contributed by atoms with Crippen LogP contribution in [0.4, 0.5) is 13.6 Å². The molecule has 1 aromatic carbocycles. The first kappa shape index (κ1) is 30.9. The highest BCUT2D eigenvalue weighted by molar-refractivity contribution is 6.29. The summed E-state index contributed by atoms with van der Waals surface area (Å²) in [4.78, 5) is 37.3. The summed E-state index contributed by atoms with van der Waals surface area (Å²) in [5.41, 5.74) is 2.50. The largest absolute Gasteiger partial charge is 0.321 e. The number of carbonyl (C=O) groups excluding carboxylic acids is 2. The molecule has 3 fully saturated rings. The molecule has 0 spiro atoms. The highest BCUT2D eigenvalue weighted by Gasteiger charge is 2.46. The fourth-order valence-corrected chi connectivity index (χ4v) is 7.73. The van der Waals surface area contributed by atoms with Gasteiger partial charge >= 0.3 is 6.03 Å². The fourth-order valence-electron chi connectivity index (χ4n) is 7.44. The molecule has 2 amide bonds. The lowest BCUT2D eigenvalue weighted by molar-refractivity contribution is 0.0874. The number of hydrogen-bond donors (Lipinski definition) is 0. The lowest BCUT2D eigenvalue weighted by Crippen LogP contribution is -2.50. The first-order valence-corrected chi connectivity index (χ1v) is 16.0. The smallest absolute Gasteiger partial charge is 0.319 e. The Hall–Kier alpha value is -2.58. The van der Waals surface area contributed by atoms with Gasteiger partial charge in [-0.1, -0.05) is 30.9 Å². The highest BCUT2D eigenvalue weighted by atomic mass is 35.5. The van der Waals surface area contributed by atoms with E-state index in [0.717, 1.165) is 76.1 Å². The summed E-state index contributed by atoms with van der Waals surface area (Å²) < 4.78 is 29.2. The summed E-state index contributed by atoms with van der Waals surface area (Å²) in [6.45, 7) is 7.98. The van der Waals surface area contributed by atoms with Crippen LogP contribution in [-0.2, 0) is 0 Å². The van der Waals surface area contributed by atoms with Gasteiger partial charge < -0.3 is 14.7 Å². The van der Waals surface area contributed by atoms with Gasteiger partial charge in [-0.2, -0.15) is 0 Å². The number of aromatic nitrogens is 1. The van der Waals surface area contributed by atoms with E-state index in [2.05, 4.69) is 16.8 Å². The van der Waals surface area contributed by atoms with Crippen molar-refractivity contribution in [3.63, 3.8) is 0 Å². The zero-order valence-corrected chi connectivity index (χ0v) is 25.8. The zero-order valence-electron chi connectivity index (χ0n) is 25.1. The Morgan fingerprint density at radius 3 is 2.45 bits per heavy atom. The number of urea groups is 1. The number of aryl methyl sites for hydroxylation is 2. The van der Waals surface area contributed by atoms with E-state index in [1.165, 1.54) is 18.6 Å². The monoisotopic (exact) mass is 600 g/mol. The molecule has 0 bridgehead atoms. The van der Waals surface area contributed by atoms with Crippen molar-refractivity contribution in [2.75, 3.05) is 19.6 Å². The molecule has 1 saturated carbocycles. The number of halogens is 3. The van der Waals surface area contributed by atoms with Crippen LogP contribution in [0.25, 0.3) is 0 Å². The molecule has 0 N–H and O–H groups in total. The highest BCUT2D eigenvalue weighted by Crippen LogP contribution is 2.39. The third-order valence-electron chi connectivity index (χ3n) is 9.69. The predicted octanol–water partition coefficient (Wildman–Crippen LogP) is 7.65. The van der Waals surface area contributed by atoms with E-state index in [-0.39, 0.29) is 29.5 Å². The zero-order chi connectivity index (χ0) is 30.0. The molecule has 228 valence electrons. The Bertz CT molecular complexity index is 1270. The number of hydrogen-bond acceptors (Lipinski definition) is 4. The van der Waals surface area contributed by atoms with Crippen molar-refractivity contribution in [2.45, 2.75) is 109 Å².